The molecule has 0 saturated carbocycles. The van der Waals surface area contributed by atoms with Crippen LogP contribution in [-0.4, -0.2) is 36.9 Å². The van der Waals surface area contributed by atoms with Crippen LogP contribution in [0.15, 0.2) is 113 Å². The predicted octanol–water partition coefficient (Wildman–Crippen LogP) is 29.8. The minimum absolute atomic E-state index is 0.147. The molecule has 6 aromatic carbocycles. The normalized spacial score (nSPS) is 13.6. The topological polar surface area (TPSA) is 77.4 Å². The highest BCUT2D eigenvalue weighted by atomic mass is 32.1. The van der Waals surface area contributed by atoms with Gasteiger partial charge in [0.2, 0.25) is 16.6 Å². The summed E-state index contributed by atoms with van der Waals surface area (Å²) < 4.78 is 16.6. The monoisotopic (exact) mass is 1520 g/mol. The number of benzene rings is 6. The van der Waals surface area contributed by atoms with Gasteiger partial charge in [-0.1, -0.05) is 285 Å². The lowest BCUT2D eigenvalue weighted by molar-refractivity contribution is 0.280. The van der Waals surface area contributed by atoms with Crippen LogP contribution < -0.4 is 9.61 Å². The van der Waals surface area contributed by atoms with Crippen molar-refractivity contribution in [3.63, 3.8) is 0 Å². The van der Waals surface area contributed by atoms with E-state index in [0.717, 1.165) is 29.1 Å². The number of aliphatic hydroxyl groups is 1. The van der Waals surface area contributed by atoms with Gasteiger partial charge in [0, 0.05) is 15.4 Å². The molecule has 0 spiro atoms. The molecule has 12 rings (SSSR count). The molecule has 0 fully saturated rings. The Hall–Kier alpha value is -5.64. The molecule has 6 nitrogen and oxygen atoms in total. The maximum absolute atomic E-state index is 9.27. The fourth-order valence-electron chi connectivity index (χ4n) is 14.5. The molecular weight excluding hydrogens is 1380 g/mol. The summed E-state index contributed by atoms with van der Waals surface area (Å²) in [5.41, 5.74) is 27.8. The van der Waals surface area contributed by atoms with Gasteiger partial charge in [-0.05, 0) is 238 Å². The van der Waals surface area contributed by atoms with E-state index in [-0.39, 0.29) is 6.61 Å². The van der Waals surface area contributed by atoms with Crippen molar-refractivity contribution < 1.29 is 14.0 Å². The molecule has 0 atom stereocenters. The Kier molecular flexibility index (Phi) is 33.1. The van der Waals surface area contributed by atoms with E-state index in [1.54, 1.807) is 16.5 Å². The van der Waals surface area contributed by atoms with Crippen molar-refractivity contribution in [3.05, 3.63) is 214 Å². The minimum atomic E-state index is -1.65. The number of hydrogen-bond donors (Lipinski definition) is 1. The van der Waals surface area contributed by atoms with Gasteiger partial charge in [-0.15, -0.1) is 34.0 Å². The van der Waals surface area contributed by atoms with Crippen LogP contribution in [0.2, 0.25) is 26.2 Å². The van der Waals surface area contributed by atoms with Crippen LogP contribution in [0.4, 0.5) is 0 Å². The van der Waals surface area contributed by atoms with E-state index in [0.29, 0.717) is 82.9 Å². The van der Waals surface area contributed by atoms with Crippen molar-refractivity contribution in [1.29, 1.82) is 0 Å². The molecular formula is C95H139N3O3S3Si2. The van der Waals surface area contributed by atoms with Gasteiger partial charge in [0.1, 0.15) is 11.3 Å². The first-order chi connectivity index (χ1) is 49.6. The van der Waals surface area contributed by atoms with E-state index >= 15 is 0 Å². The first-order valence-corrected chi connectivity index (χ1v) is 48.8. The third-order valence-electron chi connectivity index (χ3n) is 20.8. The quantitative estimate of drug-likeness (QED) is 0.103. The first-order valence-electron chi connectivity index (χ1n) is 40.2. The molecule has 106 heavy (non-hydrogen) atoms. The Morgan fingerprint density at radius 2 is 0.830 bits per heavy atom. The van der Waals surface area contributed by atoms with Crippen LogP contribution in [0.25, 0.3) is 30.4 Å². The molecule has 4 aromatic heterocycles. The second-order valence-electron chi connectivity index (χ2n) is 35.2. The Labute approximate surface area is 659 Å². The van der Waals surface area contributed by atoms with Crippen molar-refractivity contribution in [2.75, 3.05) is 0 Å². The van der Waals surface area contributed by atoms with Gasteiger partial charge in [-0.2, -0.15) is 10.2 Å². The summed E-state index contributed by atoms with van der Waals surface area (Å²) in [7, 11) is -3.14. The van der Waals surface area contributed by atoms with Crippen LogP contribution in [0, 0.1) is 6.92 Å². The zero-order chi connectivity index (χ0) is 79.3. The van der Waals surface area contributed by atoms with Crippen molar-refractivity contribution in [2.45, 2.75) is 329 Å². The van der Waals surface area contributed by atoms with Gasteiger partial charge in [0.15, 0.2) is 0 Å². The van der Waals surface area contributed by atoms with Crippen molar-refractivity contribution in [3.8, 4) is 5.75 Å². The first kappa shape index (κ1) is 89.3. The summed E-state index contributed by atoms with van der Waals surface area (Å²) in [6.45, 7) is 74.9. The van der Waals surface area contributed by atoms with Crippen molar-refractivity contribution >= 4 is 86.2 Å². The molecule has 2 aliphatic heterocycles. The van der Waals surface area contributed by atoms with Crippen LogP contribution in [0.5, 0.6) is 5.75 Å². The molecule has 11 heteroatoms. The highest BCUT2D eigenvalue weighted by Gasteiger charge is 2.39. The average molecular weight is 1520 g/mol. The summed E-state index contributed by atoms with van der Waals surface area (Å²) >= 11 is 5.43. The SMILES string of the molecule is CC(C)c1ccc(C(C)C)c(CO)c1.CC(C)c1ccc(C(C)C)c2c1CO[Si]2(C)C.CC(C)c1ccc(C(C)C)c2c1C[Si](C)(C)O2.CC(C)c1ccc(C(C)C)c2sccc12.CC(C)c1ccc(C(C)C)cc1.CC(C)c1nnc(C(C)C)c2scnc12.Cc1csc2c(C(C)C)ccc(C(C)C)c12. The standard InChI is InChI=1S/2C15H24OSi.C15H20S.C14H18S.C13H20O.C12H18.C11H15N3S/c1-10(2)12-7-8-13(11(3)4)15-14(12)9-17(5,6)16-15;1-10(2)12-7-8-13(11(3)4)15-14(12)9-16-17(15,5)6;1-9(2)12-6-7-13(10(3)4)15-14(12)11(5)8-16-15;1-9(2)11-5-6-12(10(3)4)14-13(11)7-8-15-14;1-9(2)11-5-6-13(10(3)4)12(7-11)8-14;1-9(2)11-5-7-12(8-6-11)10(3)4;1-6(2)8-10-11(15-5-12-10)9(7(3)4)14-13-8/h2*7-8,10-11H,9H2,1-6H3;6-10H,1-5H3;5-10H,1-4H3;5-7,9-10,14H,8H2,1-4H3;5-10H,1-4H3;5-7H,1-4H3. The molecule has 0 aliphatic carbocycles. The molecule has 0 radical (unpaired) electrons. The lowest BCUT2D eigenvalue weighted by Gasteiger charge is -2.22. The lowest BCUT2D eigenvalue weighted by Crippen LogP contribution is -2.42. The number of hydrogen-bond acceptors (Lipinski definition) is 9. The van der Waals surface area contributed by atoms with E-state index in [9.17, 15) is 5.11 Å². The van der Waals surface area contributed by atoms with Gasteiger partial charge < -0.3 is 14.0 Å². The molecule has 0 unspecified atom stereocenters. The summed E-state index contributed by atoms with van der Waals surface area (Å²) in [6.07, 6.45) is 0. The molecule has 0 amide bonds. The molecule has 0 saturated heterocycles. The molecule has 10 aromatic rings. The van der Waals surface area contributed by atoms with E-state index in [4.69, 9.17) is 8.85 Å². The zero-order valence-corrected chi connectivity index (χ0v) is 76.5. The summed E-state index contributed by atoms with van der Waals surface area (Å²) in [5.74, 6) is 9.10. The fourth-order valence-corrected chi connectivity index (χ4v) is 22.5. The van der Waals surface area contributed by atoms with Crippen LogP contribution >= 0.6 is 34.0 Å². The van der Waals surface area contributed by atoms with Gasteiger partial charge >= 0.3 is 0 Å². The smallest absolute Gasteiger partial charge is 0.249 e. The number of fused-ring (bicyclic) bond motifs is 5. The van der Waals surface area contributed by atoms with Crippen molar-refractivity contribution in [1.82, 2.24) is 15.2 Å². The summed E-state index contributed by atoms with van der Waals surface area (Å²) in [4.78, 5) is 4.40. The average Bonchev–Trinajstić information content (AvgIpc) is 2.03. The number of aryl methyl sites for hydroxylation is 1. The van der Waals surface area contributed by atoms with E-state index in [1.807, 2.05) is 28.2 Å². The molecule has 0 bridgehead atoms. The number of thiazole rings is 1. The molecule has 1 N–H and O–H groups in total. The minimum Gasteiger partial charge on any atom is -0.543 e. The Bertz CT molecular complexity index is 4180. The number of aromatic nitrogens is 3. The summed E-state index contributed by atoms with van der Waals surface area (Å²) in [5, 5.41) is 26.9. The Morgan fingerprint density at radius 3 is 1.31 bits per heavy atom. The molecule has 6 heterocycles. The van der Waals surface area contributed by atoms with Crippen LogP contribution in [0.1, 0.15) is 377 Å². The van der Waals surface area contributed by atoms with E-state index < -0.39 is 16.6 Å². The maximum atomic E-state index is 9.27. The highest BCUT2D eigenvalue weighted by molar-refractivity contribution is 7.18. The number of nitrogens with zero attached hydrogens (tertiary/aromatic N) is 3. The third-order valence-corrected chi connectivity index (χ3v) is 28.4. The predicted molar refractivity (Wildman–Crippen MR) is 476 cm³/mol. The second-order valence-corrected chi connectivity index (χ2v) is 45.7. The van der Waals surface area contributed by atoms with Gasteiger partial charge in [0.25, 0.3) is 0 Å². The summed E-state index contributed by atoms with van der Waals surface area (Å²) in [6, 6.07) is 37.3. The maximum Gasteiger partial charge on any atom is 0.249 e. The van der Waals surface area contributed by atoms with Gasteiger partial charge in [-0.25, -0.2) is 4.98 Å². The van der Waals surface area contributed by atoms with E-state index in [2.05, 4.69) is 350 Å². The largest absolute Gasteiger partial charge is 0.543 e. The number of rotatable bonds is 15. The fraction of sp³-hybridized carbons (Fsp3) is 0.526. The molecule has 2 aliphatic rings. The lowest BCUT2D eigenvalue weighted by atomic mass is 9.91. The van der Waals surface area contributed by atoms with E-state index in [1.165, 1.54) is 120 Å². The Balaban J connectivity index is 0.000000194. The molecule has 578 valence electrons. The van der Waals surface area contributed by atoms with Crippen LogP contribution in [-0.2, 0) is 23.7 Å². The third kappa shape index (κ3) is 22.5. The van der Waals surface area contributed by atoms with Gasteiger partial charge in [0.05, 0.1) is 34.8 Å². The second kappa shape index (κ2) is 39.3. The highest BCUT2D eigenvalue weighted by Crippen LogP contribution is 2.44. The number of aliphatic hydroxyl groups excluding tert-OH is 1. The van der Waals surface area contributed by atoms with Gasteiger partial charge in [-0.3, -0.25) is 0 Å². The zero-order valence-electron chi connectivity index (χ0n) is 72.0. The Morgan fingerprint density at radius 1 is 0.406 bits per heavy atom. The van der Waals surface area contributed by atoms with Crippen LogP contribution in [0.3, 0.4) is 0 Å². The van der Waals surface area contributed by atoms with Crippen molar-refractivity contribution in [2.24, 2.45) is 0 Å². The number of thiophene rings is 2.